The quantitative estimate of drug-likeness (QED) is 0.812. The lowest BCUT2D eigenvalue weighted by atomic mass is 9.84. The van der Waals surface area contributed by atoms with Gasteiger partial charge in [-0.1, -0.05) is 6.07 Å². The molecular weight excluding hydrogens is 377 g/mol. The highest BCUT2D eigenvalue weighted by Gasteiger charge is 2.34. The van der Waals surface area contributed by atoms with Crippen LogP contribution < -0.4 is 16.0 Å². The van der Waals surface area contributed by atoms with Gasteiger partial charge in [0, 0.05) is 18.8 Å². The number of aromatic nitrogens is 1. The predicted molar refractivity (Wildman–Crippen MR) is 89.8 cm³/mol. The van der Waals surface area contributed by atoms with Crippen LogP contribution in [0, 0.1) is 24.1 Å². The molecule has 2 aromatic rings. The first kappa shape index (κ1) is 16.3. The molecule has 0 saturated heterocycles. The predicted octanol–water partition coefficient (Wildman–Crippen LogP) is 2.81. The van der Waals surface area contributed by atoms with Crippen molar-refractivity contribution in [3.05, 3.63) is 73.2 Å². The molecule has 1 aliphatic heterocycles. The molecule has 1 atom stereocenters. The summed E-state index contributed by atoms with van der Waals surface area (Å²) in [5.74, 6) is -0.881. The minimum Gasteiger partial charge on any atom is -0.440 e. The van der Waals surface area contributed by atoms with E-state index in [-0.39, 0.29) is 21.5 Å². The monoisotopic (exact) mass is 389 g/mol. The van der Waals surface area contributed by atoms with E-state index in [2.05, 4.69) is 15.9 Å². The first-order valence-corrected chi connectivity index (χ1v) is 7.87. The van der Waals surface area contributed by atoms with Gasteiger partial charge in [-0.05, 0) is 40.5 Å². The van der Waals surface area contributed by atoms with E-state index in [4.69, 9.17) is 10.5 Å². The lowest BCUT2D eigenvalue weighted by Gasteiger charge is -2.27. The first-order valence-electron chi connectivity index (χ1n) is 7.08. The zero-order valence-corrected chi connectivity index (χ0v) is 14.5. The number of hydrogen-bond donors (Lipinski definition) is 1. The van der Waals surface area contributed by atoms with Crippen LogP contribution >= 0.6 is 15.9 Å². The topological polar surface area (TPSA) is 81.0 Å². The number of halogens is 2. The molecule has 0 saturated carbocycles. The van der Waals surface area contributed by atoms with Gasteiger partial charge in [0.15, 0.2) is 0 Å². The standard InChI is InChI=1S/C17H13BrFN3O2/c1-8-5-13-15(17(23)22(8)2)14(10(7-20)16(21)24-13)9-3-4-12(19)11(18)6-9/h3-6,14H,21H2,1-2H3/t14-/m0/s1. The fraction of sp³-hybridized carbons (Fsp3) is 0.176. The van der Waals surface area contributed by atoms with Gasteiger partial charge in [0.2, 0.25) is 5.88 Å². The number of nitrogens with two attached hydrogens (primary N) is 1. The molecule has 7 heteroatoms. The fourth-order valence-electron chi connectivity index (χ4n) is 2.77. The van der Waals surface area contributed by atoms with Gasteiger partial charge in [0.1, 0.15) is 23.2 Å². The average molecular weight is 390 g/mol. The molecule has 3 rings (SSSR count). The van der Waals surface area contributed by atoms with E-state index in [9.17, 15) is 14.4 Å². The van der Waals surface area contributed by atoms with Crippen LogP contribution in [0.3, 0.4) is 0 Å². The molecule has 122 valence electrons. The number of nitrogens with zero attached hydrogens (tertiary/aromatic N) is 2. The lowest BCUT2D eigenvalue weighted by Crippen LogP contribution is -2.31. The Bertz CT molecular complexity index is 989. The maximum Gasteiger partial charge on any atom is 0.258 e. The van der Waals surface area contributed by atoms with Crippen molar-refractivity contribution >= 4 is 15.9 Å². The van der Waals surface area contributed by atoms with Crippen molar-refractivity contribution in [2.45, 2.75) is 12.8 Å². The fourth-order valence-corrected chi connectivity index (χ4v) is 3.16. The van der Waals surface area contributed by atoms with E-state index in [1.54, 1.807) is 26.1 Å². The Morgan fingerprint density at radius 3 is 2.75 bits per heavy atom. The zero-order chi connectivity index (χ0) is 17.6. The minimum absolute atomic E-state index is 0.0527. The molecular formula is C17H13BrFN3O2. The molecule has 0 spiro atoms. The van der Waals surface area contributed by atoms with Crippen LogP contribution in [0.4, 0.5) is 4.39 Å². The lowest BCUT2D eigenvalue weighted by molar-refractivity contribution is 0.389. The van der Waals surface area contributed by atoms with Gasteiger partial charge in [-0.3, -0.25) is 4.79 Å². The highest BCUT2D eigenvalue weighted by Crippen LogP contribution is 2.41. The third kappa shape index (κ3) is 2.39. The summed E-state index contributed by atoms with van der Waals surface area (Å²) in [6.07, 6.45) is 0. The van der Waals surface area contributed by atoms with Gasteiger partial charge in [-0.15, -0.1) is 0 Å². The van der Waals surface area contributed by atoms with Crippen molar-refractivity contribution in [2.24, 2.45) is 12.8 Å². The summed E-state index contributed by atoms with van der Waals surface area (Å²) in [5.41, 5.74) is 7.31. The van der Waals surface area contributed by atoms with E-state index >= 15 is 0 Å². The van der Waals surface area contributed by atoms with Crippen LogP contribution in [-0.2, 0) is 7.05 Å². The highest BCUT2D eigenvalue weighted by molar-refractivity contribution is 9.10. The Balaban J connectivity index is 2.35. The third-order valence-corrected chi connectivity index (χ3v) is 4.74. The summed E-state index contributed by atoms with van der Waals surface area (Å²) in [5, 5.41) is 9.49. The Labute approximate surface area is 145 Å². The Hall–Kier alpha value is -2.59. The molecule has 0 bridgehead atoms. The maximum atomic E-state index is 13.6. The van der Waals surface area contributed by atoms with Crippen molar-refractivity contribution in [2.75, 3.05) is 0 Å². The molecule has 0 aliphatic carbocycles. The van der Waals surface area contributed by atoms with Crippen molar-refractivity contribution in [1.82, 2.24) is 4.57 Å². The summed E-state index contributed by atoms with van der Waals surface area (Å²) < 4.78 is 20.8. The summed E-state index contributed by atoms with van der Waals surface area (Å²) in [7, 11) is 1.64. The molecule has 0 unspecified atom stereocenters. The van der Waals surface area contributed by atoms with Gasteiger partial charge in [-0.25, -0.2) is 4.39 Å². The highest BCUT2D eigenvalue weighted by atomic mass is 79.9. The van der Waals surface area contributed by atoms with Gasteiger partial charge >= 0.3 is 0 Å². The summed E-state index contributed by atoms with van der Waals surface area (Å²) in [6.45, 7) is 1.77. The molecule has 24 heavy (non-hydrogen) atoms. The number of hydrogen-bond acceptors (Lipinski definition) is 4. The number of benzene rings is 1. The number of ether oxygens (including phenoxy) is 1. The van der Waals surface area contributed by atoms with Gasteiger partial charge in [0.05, 0.1) is 16.0 Å². The Kier molecular flexibility index (Phi) is 3.93. The molecule has 0 fully saturated rings. The smallest absolute Gasteiger partial charge is 0.258 e. The summed E-state index contributed by atoms with van der Waals surface area (Å²) in [4.78, 5) is 12.8. The first-order chi connectivity index (χ1) is 11.3. The van der Waals surface area contributed by atoms with Crippen molar-refractivity contribution in [1.29, 1.82) is 5.26 Å². The van der Waals surface area contributed by atoms with Gasteiger partial charge in [-0.2, -0.15) is 5.26 Å². The number of rotatable bonds is 1. The van der Waals surface area contributed by atoms with Crippen LogP contribution in [0.15, 0.2) is 45.0 Å². The van der Waals surface area contributed by atoms with Crippen molar-refractivity contribution in [3.63, 3.8) is 0 Å². The van der Waals surface area contributed by atoms with Crippen molar-refractivity contribution in [3.8, 4) is 11.8 Å². The number of aryl methyl sites for hydroxylation is 1. The van der Waals surface area contributed by atoms with E-state index < -0.39 is 11.7 Å². The zero-order valence-electron chi connectivity index (χ0n) is 12.9. The second-order valence-electron chi connectivity index (χ2n) is 5.53. The second-order valence-corrected chi connectivity index (χ2v) is 6.38. The maximum absolute atomic E-state index is 13.6. The van der Waals surface area contributed by atoms with E-state index in [1.165, 1.54) is 16.7 Å². The van der Waals surface area contributed by atoms with Gasteiger partial charge < -0.3 is 15.0 Å². The van der Waals surface area contributed by atoms with E-state index in [0.29, 0.717) is 22.6 Å². The number of fused-ring (bicyclic) bond motifs is 1. The SMILES string of the molecule is Cc1cc2c(c(=O)n1C)[C@@H](c1ccc(F)c(Br)c1)C(C#N)=C(N)O2. The molecule has 2 N–H and O–H groups in total. The summed E-state index contributed by atoms with van der Waals surface area (Å²) >= 11 is 3.13. The van der Waals surface area contributed by atoms with Crippen LogP contribution in [0.5, 0.6) is 5.75 Å². The molecule has 1 aromatic carbocycles. The third-order valence-electron chi connectivity index (χ3n) is 4.13. The van der Waals surface area contributed by atoms with E-state index in [0.717, 1.165) is 0 Å². The van der Waals surface area contributed by atoms with Crippen LogP contribution in [0.25, 0.3) is 0 Å². The Morgan fingerprint density at radius 2 is 2.12 bits per heavy atom. The molecule has 0 radical (unpaired) electrons. The molecule has 5 nitrogen and oxygen atoms in total. The van der Waals surface area contributed by atoms with Crippen LogP contribution in [-0.4, -0.2) is 4.57 Å². The molecule has 1 aromatic heterocycles. The molecule has 2 heterocycles. The molecule has 0 amide bonds. The number of allylic oxidation sites excluding steroid dienone is 1. The van der Waals surface area contributed by atoms with Crippen LogP contribution in [0.1, 0.15) is 22.7 Å². The second kappa shape index (κ2) is 5.80. The number of pyridine rings is 1. The summed E-state index contributed by atoms with van der Waals surface area (Å²) in [6, 6.07) is 8.06. The van der Waals surface area contributed by atoms with E-state index in [1.807, 2.05) is 6.07 Å². The Morgan fingerprint density at radius 1 is 1.42 bits per heavy atom. The largest absolute Gasteiger partial charge is 0.440 e. The van der Waals surface area contributed by atoms with Crippen molar-refractivity contribution < 1.29 is 9.13 Å². The van der Waals surface area contributed by atoms with Crippen LogP contribution in [0.2, 0.25) is 0 Å². The minimum atomic E-state index is -0.713. The average Bonchev–Trinajstić information content (AvgIpc) is 2.54. The normalized spacial score (nSPS) is 16.4. The number of nitriles is 1. The van der Waals surface area contributed by atoms with Gasteiger partial charge in [0.25, 0.3) is 5.56 Å². The molecule has 1 aliphatic rings.